The quantitative estimate of drug-likeness (QED) is 0.492. The van der Waals surface area contributed by atoms with Crippen LogP contribution in [0.4, 0.5) is 5.95 Å². The van der Waals surface area contributed by atoms with Gasteiger partial charge in [0.15, 0.2) is 0 Å². The van der Waals surface area contributed by atoms with Crippen LogP contribution in [0.2, 0.25) is 0 Å². The fourth-order valence-electron chi connectivity index (χ4n) is 3.03. The Balaban J connectivity index is 1.56. The normalized spacial score (nSPS) is 10.4. The van der Waals surface area contributed by atoms with Gasteiger partial charge in [0.25, 0.3) is 5.91 Å². The Kier molecular flexibility index (Phi) is 4.51. The maximum Gasteiger partial charge on any atom is 0.337 e. The van der Waals surface area contributed by atoms with Crippen molar-refractivity contribution < 1.29 is 14.7 Å². The summed E-state index contributed by atoms with van der Waals surface area (Å²) in [6.07, 6.45) is 0. The number of carboxylic acid groups (broad SMARTS) is 1. The molecule has 0 saturated carbocycles. The lowest BCUT2D eigenvalue weighted by molar-refractivity contribution is 0.0698. The summed E-state index contributed by atoms with van der Waals surface area (Å²) in [5, 5.41) is 20.9. The summed E-state index contributed by atoms with van der Waals surface area (Å²) in [5.74, 6) is -1.29. The Morgan fingerprint density at radius 3 is 2.48 bits per heavy atom. The van der Waals surface area contributed by atoms with Crippen molar-refractivity contribution in [3.05, 3.63) is 83.4 Å². The van der Waals surface area contributed by atoms with Gasteiger partial charge >= 0.3 is 5.97 Å². The highest BCUT2D eigenvalue weighted by Gasteiger charge is 2.14. The van der Waals surface area contributed by atoms with E-state index in [0.717, 1.165) is 11.1 Å². The van der Waals surface area contributed by atoms with Gasteiger partial charge in [-0.3, -0.25) is 10.1 Å². The van der Waals surface area contributed by atoms with Gasteiger partial charge in [0.1, 0.15) is 5.52 Å². The molecule has 7 heteroatoms. The molecule has 0 aliphatic carbocycles. The number of hydrogen-bond acceptors (Lipinski definition) is 4. The standard InChI is InChI=1S/C22H14N4O3/c23-12-13-3-1-4-16(11-13)14-7-9-15(10-8-14)20(27)26-22-24-18-6-2-5-17(21(28)29)19(18)25-22/h1-11H,(H,28,29)(H2,24,25,26,27). The molecule has 29 heavy (non-hydrogen) atoms. The van der Waals surface area contributed by atoms with Crippen molar-refractivity contribution in [2.24, 2.45) is 0 Å². The van der Waals surface area contributed by atoms with Crippen LogP contribution in [0.25, 0.3) is 22.2 Å². The molecule has 3 aromatic carbocycles. The molecule has 0 aliphatic heterocycles. The molecule has 0 spiro atoms. The topological polar surface area (TPSA) is 119 Å². The van der Waals surface area contributed by atoms with Gasteiger partial charge < -0.3 is 10.1 Å². The molecule has 1 aromatic heterocycles. The first-order valence-electron chi connectivity index (χ1n) is 8.69. The van der Waals surface area contributed by atoms with Gasteiger partial charge in [-0.1, -0.05) is 30.3 Å². The number of rotatable bonds is 4. The van der Waals surface area contributed by atoms with E-state index in [9.17, 15) is 14.7 Å². The van der Waals surface area contributed by atoms with Gasteiger partial charge in [-0.05, 0) is 47.5 Å². The number of nitrogens with one attached hydrogen (secondary N) is 2. The molecule has 4 aromatic rings. The van der Waals surface area contributed by atoms with Crippen molar-refractivity contribution in [2.75, 3.05) is 5.32 Å². The van der Waals surface area contributed by atoms with Crippen molar-refractivity contribution in [1.82, 2.24) is 9.97 Å². The number of nitriles is 1. The Bertz CT molecular complexity index is 1280. The van der Waals surface area contributed by atoms with Crippen molar-refractivity contribution in [3.63, 3.8) is 0 Å². The third-order valence-electron chi connectivity index (χ3n) is 4.45. The summed E-state index contributed by atoms with van der Waals surface area (Å²) in [4.78, 5) is 30.9. The zero-order valence-electron chi connectivity index (χ0n) is 15.0. The van der Waals surface area contributed by atoms with E-state index in [4.69, 9.17) is 5.26 Å². The molecular formula is C22H14N4O3. The number of H-pyrrole nitrogens is 1. The number of benzene rings is 3. The first kappa shape index (κ1) is 17.9. The average Bonchev–Trinajstić information content (AvgIpc) is 3.16. The second kappa shape index (κ2) is 7.29. The molecule has 0 saturated heterocycles. The second-order valence-electron chi connectivity index (χ2n) is 6.32. The number of hydrogen-bond donors (Lipinski definition) is 3. The number of aromatic carboxylic acids is 1. The summed E-state index contributed by atoms with van der Waals surface area (Å²) in [6, 6.07) is 21.0. The Hall–Kier alpha value is -4.44. The van der Waals surface area contributed by atoms with E-state index in [1.165, 1.54) is 6.07 Å². The average molecular weight is 382 g/mol. The van der Waals surface area contributed by atoms with E-state index in [2.05, 4.69) is 21.4 Å². The highest BCUT2D eigenvalue weighted by molar-refractivity contribution is 6.05. The number of carbonyl (C=O) groups excluding carboxylic acids is 1. The number of amides is 1. The summed E-state index contributed by atoms with van der Waals surface area (Å²) in [6.45, 7) is 0. The van der Waals surface area contributed by atoms with Crippen LogP contribution in [0.3, 0.4) is 0 Å². The van der Waals surface area contributed by atoms with E-state index in [1.807, 2.05) is 12.1 Å². The first-order valence-corrected chi connectivity index (χ1v) is 8.69. The number of nitrogens with zero attached hydrogens (tertiary/aromatic N) is 2. The van der Waals surface area contributed by atoms with Crippen molar-refractivity contribution in [2.45, 2.75) is 0 Å². The molecule has 0 bridgehead atoms. The number of para-hydroxylation sites is 1. The fraction of sp³-hybridized carbons (Fsp3) is 0. The van der Waals surface area contributed by atoms with Crippen molar-refractivity contribution in [3.8, 4) is 17.2 Å². The molecule has 1 amide bonds. The fourth-order valence-corrected chi connectivity index (χ4v) is 3.03. The van der Waals surface area contributed by atoms with E-state index in [0.29, 0.717) is 16.6 Å². The Morgan fingerprint density at radius 2 is 1.76 bits per heavy atom. The molecule has 140 valence electrons. The summed E-state index contributed by atoms with van der Waals surface area (Å²) in [5.41, 5.74) is 3.61. The molecule has 0 unspecified atom stereocenters. The van der Waals surface area contributed by atoms with Crippen LogP contribution < -0.4 is 5.32 Å². The van der Waals surface area contributed by atoms with E-state index in [-0.39, 0.29) is 22.9 Å². The van der Waals surface area contributed by atoms with E-state index >= 15 is 0 Å². The largest absolute Gasteiger partial charge is 0.478 e. The molecular weight excluding hydrogens is 368 g/mol. The molecule has 0 atom stereocenters. The minimum Gasteiger partial charge on any atom is -0.478 e. The van der Waals surface area contributed by atoms with Gasteiger partial charge in [-0.15, -0.1) is 0 Å². The third kappa shape index (κ3) is 3.55. The highest BCUT2D eigenvalue weighted by atomic mass is 16.4. The molecule has 3 N–H and O–H groups in total. The van der Waals surface area contributed by atoms with Crippen LogP contribution in [0.15, 0.2) is 66.7 Å². The van der Waals surface area contributed by atoms with Gasteiger partial charge in [0, 0.05) is 5.56 Å². The van der Waals surface area contributed by atoms with Crippen LogP contribution in [0, 0.1) is 11.3 Å². The van der Waals surface area contributed by atoms with E-state index in [1.54, 1.807) is 48.5 Å². The second-order valence-corrected chi connectivity index (χ2v) is 6.32. The number of carbonyl (C=O) groups is 2. The monoisotopic (exact) mass is 382 g/mol. The van der Waals surface area contributed by atoms with Crippen molar-refractivity contribution in [1.29, 1.82) is 5.26 Å². The molecule has 0 radical (unpaired) electrons. The summed E-state index contributed by atoms with van der Waals surface area (Å²) in [7, 11) is 0. The number of anilines is 1. The molecule has 0 fully saturated rings. The summed E-state index contributed by atoms with van der Waals surface area (Å²) < 4.78 is 0. The zero-order chi connectivity index (χ0) is 20.4. The molecule has 0 aliphatic rings. The van der Waals surface area contributed by atoms with Crippen LogP contribution in [0.5, 0.6) is 0 Å². The van der Waals surface area contributed by atoms with Gasteiger partial charge in [-0.2, -0.15) is 5.26 Å². The lowest BCUT2D eigenvalue weighted by Gasteiger charge is -2.05. The minimum absolute atomic E-state index is 0.0585. The lowest BCUT2D eigenvalue weighted by Crippen LogP contribution is -2.12. The van der Waals surface area contributed by atoms with E-state index < -0.39 is 5.97 Å². The first-order chi connectivity index (χ1) is 14.0. The maximum absolute atomic E-state index is 12.5. The lowest BCUT2D eigenvalue weighted by atomic mass is 10.0. The summed E-state index contributed by atoms with van der Waals surface area (Å²) >= 11 is 0. The molecule has 4 rings (SSSR count). The number of fused-ring (bicyclic) bond motifs is 1. The highest BCUT2D eigenvalue weighted by Crippen LogP contribution is 2.22. The number of aromatic amines is 1. The number of aromatic nitrogens is 2. The Labute approximate surface area is 165 Å². The number of carboxylic acids is 1. The van der Waals surface area contributed by atoms with Gasteiger partial charge in [0.05, 0.1) is 22.7 Å². The smallest absolute Gasteiger partial charge is 0.337 e. The number of imidazole rings is 1. The van der Waals surface area contributed by atoms with Crippen LogP contribution in [0.1, 0.15) is 26.3 Å². The van der Waals surface area contributed by atoms with Crippen molar-refractivity contribution >= 4 is 28.9 Å². The van der Waals surface area contributed by atoms with Gasteiger partial charge in [-0.25, -0.2) is 9.78 Å². The molecule has 1 heterocycles. The zero-order valence-corrected chi connectivity index (χ0v) is 15.0. The Morgan fingerprint density at radius 1 is 1.00 bits per heavy atom. The predicted octanol–water partition coefficient (Wildman–Crippen LogP) is 4.05. The molecule has 7 nitrogen and oxygen atoms in total. The SMILES string of the molecule is N#Cc1cccc(-c2ccc(C(=O)Nc3nc4c(C(=O)O)cccc4[nH]3)cc2)c1. The van der Waals surface area contributed by atoms with Gasteiger partial charge in [0.2, 0.25) is 5.95 Å². The van der Waals surface area contributed by atoms with Crippen LogP contribution >= 0.6 is 0 Å². The third-order valence-corrected chi connectivity index (χ3v) is 4.45. The predicted molar refractivity (Wildman–Crippen MR) is 108 cm³/mol. The minimum atomic E-state index is -1.09. The van der Waals surface area contributed by atoms with Crippen LogP contribution in [-0.2, 0) is 0 Å². The van der Waals surface area contributed by atoms with Crippen LogP contribution in [-0.4, -0.2) is 27.0 Å². The maximum atomic E-state index is 12.5.